The van der Waals surface area contributed by atoms with Crippen molar-refractivity contribution in [3.63, 3.8) is 0 Å². The van der Waals surface area contributed by atoms with Gasteiger partial charge in [-0.2, -0.15) is 0 Å². The number of hydrogen-bond donors (Lipinski definition) is 1. The summed E-state index contributed by atoms with van der Waals surface area (Å²) in [5.41, 5.74) is 6.75. The first-order valence-corrected chi connectivity index (χ1v) is 8.29. The van der Waals surface area contributed by atoms with E-state index in [0.29, 0.717) is 0 Å². The highest BCUT2D eigenvalue weighted by Gasteiger charge is 2.24. The summed E-state index contributed by atoms with van der Waals surface area (Å²) in [4.78, 5) is 21.4. The first-order valence-electron chi connectivity index (χ1n) is 8.29. The minimum absolute atomic E-state index is 0. The van der Waals surface area contributed by atoms with Gasteiger partial charge in [0, 0.05) is 18.7 Å². The first kappa shape index (κ1) is 17.9. The molecule has 2 aromatic carbocycles. The fourth-order valence-corrected chi connectivity index (χ4v) is 3.04. The molecule has 0 saturated carbocycles. The number of aryl methyl sites for hydroxylation is 1. The number of nitrogens with one attached hydrogen (secondary N) is 1. The molecule has 0 bridgehead atoms. The van der Waals surface area contributed by atoms with Gasteiger partial charge in [0.25, 0.3) is 0 Å². The predicted octanol–water partition coefficient (Wildman–Crippen LogP) is 4.19. The molecule has 132 valence electrons. The van der Waals surface area contributed by atoms with E-state index in [0.717, 1.165) is 41.0 Å². The number of aromatic nitrogens is 1. The van der Waals surface area contributed by atoms with E-state index in [1.54, 1.807) is 18.1 Å². The summed E-state index contributed by atoms with van der Waals surface area (Å²) in [6, 6.07) is 18.0. The van der Waals surface area contributed by atoms with Gasteiger partial charge in [0.15, 0.2) is 0 Å². The first-order chi connectivity index (χ1) is 12.2. The molecule has 0 atom stereocenters. The number of aliphatic imine (C=N–C) groups is 1. The highest BCUT2D eigenvalue weighted by molar-refractivity contribution is 6.10. The average Bonchev–Trinajstić information content (AvgIpc) is 2.66. The molecule has 0 fully saturated rings. The summed E-state index contributed by atoms with van der Waals surface area (Å²) in [5, 5.41) is 2.49. The van der Waals surface area contributed by atoms with E-state index in [1.807, 2.05) is 42.5 Å². The van der Waals surface area contributed by atoms with Crippen LogP contribution in [-0.2, 0) is 11.2 Å². The lowest BCUT2D eigenvalue weighted by Gasteiger charge is -2.30. The molecule has 6 heteroatoms. The van der Waals surface area contributed by atoms with Crippen LogP contribution in [0.5, 0.6) is 0 Å². The Bertz CT molecular complexity index is 972. The molecule has 1 amide bonds. The molecule has 2 heterocycles. The summed E-state index contributed by atoms with van der Waals surface area (Å²) in [6.07, 6.45) is 3.31. The van der Waals surface area contributed by atoms with E-state index in [-0.39, 0.29) is 18.3 Å². The largest absolute Gasteiger partial charge is 0.278 e. The maximum absolute atomic E-state index is 12.2. The number of amidine groups is 1. The van der Waals surface area contributed by atoms with Gasteiger partial charge >= 0.3 is 0 Å². The van der Waals surface area contributed by atoms with Crippen LogP contribution in [0.25, 0.3) is 10.9 Å². The van der Waals surface area contributed by atoms with Gasteiger partial charge in [-0.15, -0.1) is 12.4 Å². The number of hydrazine groups is 1. The second-order valence-corrected chi connectivity index (χ2v) is 6.02. The Morgan fingerprint density at radius 3 is 2.54 bits per heavy atom. The van der Waals surface area contributed by atoms with Crippen molar-refractivity contribution in [3.8, 4) is 0 Å². The number of nitrogens with zero attached hydrogens (tertiary/aromatic N) is 3. The van der Waals surface area contributed by atoms with Crippen LogP contribution < -0.4 is 10.4 Å². The van der Waals surface area contributed by atoms with Crippen LogP contribution >= 0.6 is 12.4 Å². The molecular formula is C20H19ClN4O. The number of halogens is 1. The van der Waals surface area contributed by atoms with Crippen LogP contribution in [0.2, 0.25) is 0 Å². The van der Waals surface area contributed by atoms with Crippen molar-refractivity contribution in [1.29, 1.82) is 0 Å². The minimum atomic E-state index is -0.0790. The van der Waals surface area contributed by atoms with Gasteiger partial charge < -0.3 is 0 Å². The zero-order valence-corrected chi connectivity index (χ0v) is 15.2. The van der Waals surface area contributed by atoms with Crippen LogP contribution in [0.4, 0.5) is 11.4 Å². The fourth-order valence-electron chi connectivity index (χ4n) is 3.04. The molecule has 4 rings (SSSR count). The van der Waals surface area contributed by atoms with Gasteiger partial charge in [-0.25, -0.2) is 10.0 Å². The maximum Gasteiger partial charge on any atom is 0.242 e. The normalized spacial score (nSPS) is 12.7. The van der Waals surface area contributed by atoms with Gasteiger partial charge in [0.2, 0.25) is 5.91 Å². The second-order valence-electron chi connectivity index (χ2n) is 6.02. The van der Waals surface area contributed by atoms with Crippen LogP contribution in [0, 0.1) is 0 Å². The van der Waals surface area contributed by atoms with Gasteiger partial charge in [-0.3, -0.25) is 15.2 Å². The molecule has 5 nitrogen and oxygen atoms in total. The van der Waals surface area contributed by atoms with E-state index >= 15 is 0 Å². The van der Waals surface area contributed by atoms with E-state index in [1.165, 1.54) is 5.56 Å². The van der Waals surface area contributed by atoms with Crippen molar-refractivity contribution in [2.45, 2.75) is 19.8 Å². The number of rotatable bonds is 3. The summed E-state index contributed by atoms with van der Waals surface area (Å²) in [7, 11) is 0. The van der Waals surface area contributed by atoms with Crippen LogP contribution in [0.3, 0.4) is 0 Å². The van der Waals surface area contributed by atoms with Crippen LogP contribution in [0.15, 0.2) is 65.8 Å². The van der Waals surface area contributed by atoms with E-state index in [9.17, 15) is 4.79 Å². The second kappa shape index (κ2) is 7.54. The fraction of sp³-hybridized carbons (Fsp3) is 0.150. The lowest BCUT2D eigenvalue weighted by molar-refractivity contribution is -0.117. The Labute approximate surface area is 158 Å². The molecule has 0 saturated heterocycles. The number of para-hydroxylation sites is 1. The standard InChI is InChI=1S/C20H18N4O.ClH/c1-14(25)24-20-16-9-5-6-10-17(16)21-13-18(20)22-19(23-24)12-11-15-7-3-2-4-8-15;/h2-10,13H,11-12H2,1H3,(H,22,23);1H. The van der Waals surface area contributed by atoms with Crippen molar-refractivity contribution < 1.29 is 4.79 Å². The van der Waals surface area contributed by atoms with Gasteiger partial charge in [-0.1, -0.05) is 48.5 Å². The Hall–Kier alpha value is -2.92. The third kappa shape index (κ3) is 3.39. The molecule has 0 unspecified atom stereocenters. The van der Waals surface area contributed by atoms with Crippen LogP contribution in [-0.4, -0.2) is 16.7 Å². The zero-order valence-electron chi connectivity index (χ0n) is 14.3. The van der Waals surface area contributed by atoms with Gasteiger partial charge in [0.1, 0.15) is 17.2 Å². The van der Waals surface area contributed by atoms with E-state index in [4.69, 9.17) is 4.99 Å². The van der Waals surface area contributed by atoms with Crippen LogP contribution in [0.1, 0.15) is 18.9 Å². The molecule has 0 radical (unpaired) electrons. The monoisotopic (exact) mass is 366 g/mol. The Balaban J connectivity index is 0.00000196. The van der Waals surface area contributed by atoms with E-state index in [2.05, 4.69) is 22.5 Å². The van der Waals surface area contributed by atoms with Crippen molar-refractivity contribution in [2.75, 3.05) is 5.01 Å². The Morgan fingerprint density at radius 2 is 1.77 bits per heavy atom. The van der Waals surface area contributed by atoms with Crippen molar-refractivity contribution in [3.05, 3.63) is 66.4 Å². The highest BCUT2D eigenvalue weighted by atomic mass is 35.5. The lowest BCUT2D eigenvalue weighted by Crippen LogP contribution is -2.47. The van der Waals surface area contributed by atoms with Crippen molar-refractivity contribution >= 4 is 46.4 Å². The predicted molar refractivity (Wildman–Crippen MR) is 107 cm³/mol. The number of benzene rings is 2. The number of hydrogen-bond acceptors (Lipinski definition) is 4. The quantitative estimate of drug-likeness (QED) is 0.756. The maximum atomic E-state index is 12.2. The average molecular weight is 367 g/mol. The number of fused-ring (bicyclic) bond motifs is 3. The summed E-state index contributed by atoms with van der Waals surface area (Å²) >= 11 is 0. The Kier molecular flexibility index (Phi) is 5.19. The molecule has 0 aliphatic carbocycles. The lowest BCUT2D eigenvalue weighted by atomic mass is 10.1. The summed E-state index contributed by atoms with van der Waals surface area (Å²) < 4.78 is 0. The minimum Gasteiger partial charge on any atom is -0.278 e. The number of anilines is 1. The molecule has 1 aliphatic heterocycles. The number of carbonyl (C=O) groups is 1. The smallest absolute Gasteiger partial charge is 0.242 e. The van der Waals surface area contributed by atoms with Gasteiger partial charge in [0.05, 0.1) is 11.7 Å². The van der Waals surface area contributed by atoms with Crippen molar-refractivity contribution in [1.82, 2.24) is 10.4 Å². The topological polar surface area (TPSA) is 57.6 Å². The molecule has 1 aliphatic rings. The highest BCUT2D eigenvalue weighted by Crippen LogP contribution is 2.36. The van der Waals surface area contributed by atoms with Gasteiger partial charge in [-0.05, 0) is 18.1 Å². The zero-order chi connectivity index (χ0) is 17.2. The third-order valence-electron chi connectivity index (χ3n) is 4.26. The summed E-state index contributed by atoms with van der Waals surface area (Å²) in [5.74, 6) is 0.688. The molecule has 3 aromatic rings. The number of carbonyl (C=O) groups excluding carboxylic acids is 1. The SMILES string of the molecule is CC(=O)N1NC(CCc2ccccc2)=Nc2cnc3ccccc3c21.Cl. The number of pyridine rings is 1. The summed E-state index contributed by atoms with van der Waals surface area (Å²) in [6.45, 7) is 1.55. The molecular weight excluding hydrogens is 348 g/mol. The van der Waals surface area contributed by atoms with E-state index < -0.39 is 0 Å². The third-order valence-corrected chi connectivity index (χ3v) is 4.26. The molecule has 0 spiro atoms. The molecule has 1 N–H and O–H groups in total. The molecule has 26 heavy (non-hydrogen) atoms. The van der Waals surface area contributed by atoms with Crippen molar-refractivity contribution in [2.24, 2.45) is 4.99 Å². The molecule has 1 aromatic heterocycles. The Morgan fingerprint density at radius 1 is 1.04 bits per heavy atom. The number of amides is 1.